The third-order valence-electron chi connectivity index (χ3n) is 5.86. The second-order valence-electron chi connectivity index (χ2n) is 7.69. The van der Waals surface area contributed by atoms with Crippen molar-refractivity contribution in [1.82, 2.24) is 9.88 Å². The molecule has 3 aromatic rings. The fourth-order valence-corrected chi connectivity index (χ4v) is 4.35. The van der Waals surface area contributed by atoms with Crippen LogP contribution in [0.15, 0.2) is 54.7 Å². The van der Waals surface area contributed by atoms with Crippen LogP contribution in [0.2, 0.25) is 0 Å². The smallest absolute Gasteiger partial charge is 0.0991 e. The number of nitrogens with zero attached hydrogens (tertiary/aromatic N) is 2. The molecule has 0 spiro atoms. The predicted molar refractivity (Wildman–Crippen MR) is 111 cm³/mol. The fourth-order valence-electron chi connectivity index (χ4n) is 4.35. The van der Waals surface area contributed by atoms with Crippen molar-refractivity contribution in [2.75, 3.05) is 19.6 Å². The average molecular weight is 358 g/mol. The Morgan fingerprint density at radius 2 is 1.93 bits per heavy atom. The van der Waals surface area contributed by atoms with E-state index in [0.29, 0.717) is 5.92 Å². The summed E-state index contributed by atoms with van der Waals surface area (Å²) in [6.07, 6.45) is 8.34. The van der Waals surface area contributed by atoms with Gasteiger partial charge in [0.25, 0.3) is 0 Å². The summed E-state index contributed by atoms with van der Waals surface area (Å²) < 4.78 is 0. The van der Waals surface area contributed by atoms with Crippen LogP contribution in [0.3, 0.4) is 0 Å². The molecule has 0 radical (unpaired) electrons. The van der Waals surface area contributed by atoms with E-state index in [0.717, 1.165) is 18.5 Å². The van der Waals surface area contributed by atoms with Gasteiger partial charge in [-0.05, 0) is 80.4 Å². The molecule has 1 aliphatic rings. The van der Waals surface area contributed by atoms with E-state index in [1.165, 1.54) is 60.8 Å². The van der Waals surface area contributed by atoms with Crippen molar-refractivity contribution < 1.29 is 0 Å². The Bertz CT molecular complexity index is 917. The van der Waals surface area contributed by atoms with Gasteiger partial charge < -0.3 is 9.88 Å². The zero-order chi connectivity index (χ0) is 18.5. The van der Waals surface area contributed by atoms with Crippen LogP contribution in [0, 0.1) is 11.3 Å². The van der Waals surface area contributed by atoms with Gasteiger partial charge >= 0.3 is 0 Å². The summed E-state index contributed by atoms with van der Waals surface area (Å²) in [7, 11) is 0. The molecule has 1 atom stereocenters. The van der Waals surface area contributed by atoms with Gasteiger partial charge in [0.05, 0.1) is 11.6 Å². The summed E-state index contributed by atoms with van der Waals surface area (Å²) >= 11 is 0. The lowest BCUT2D eigenvalue weighted by molar-refractivity contribution is 0.204. The highest BCUT2D eigenvalue weighted by Gasteiger charge is 2.20. The molecular formula is C24H27N3. The van der Waals surface area contributed by atoms with Gasteiger partial charge in [0.1, 0.15) is 0 Å². The maximum absolute atomic E-state index is 8.97. The molecule has 138 valence electrons. The van der Waals surface area contributed by atoms with E-state index in [9.17, 15) is 0 Å². The molecule has 1 unspecified atom stereocenters. The Labute approximate surface area is 161 Å². The van der Waals surface area contributed by atoms with Crippen molar-refractivity contribution in [2.24, 2.45) is 0 Å². The molecule has 0 aliphatic carbocycles. The highest BCUT2D eigenvalue weighted by atomic mass is 15.1. The van der Waals surface area contributed by atoms with Gasteiger partial charge in [-0.2, -0.15) is 5.26 Å². The Hall–Kier alpha value is -2.57. The molecular weight excluding hydrogens is 330 g/mol. The van der Waals surface area contributed by atoms with Crippen molar-refractivity contribution in [3.63, 3.8) is 0 Å². The Morgan fingerprint density at radius 3 is 2.78 bits per heavy atom. The largest absolute Gasteiger partial charge is 0.361 e. The zero-order valence-corrected chi connectivity index (χ0v) is 15.8. The number of benzene rings is 2. The van der Waals surface area contributed by atoms with Crippen molar-refractivity contribution >= 4 is 10.9 Å². The lowest BCUT2D eigenvalue weighted by Gasteiger charge is -2.33. The molecule has 3 heteroatoms. The van der Waals surface area contributed by atoms with E-state index in [4.69, 9.17) is 5.26 Å². The number of hydrogen-bond acceptors (Lipinski definition) is 2. The monoisotopic (exact) mass is 357 g/mol. The van der Waals surface area contributed by atoms with E-state index in [2.05, 4.69) is 58.5 Å². The molecule has 0 amide bonds. The van der Waals surface area contributed by atoms with Crippen molar-refractivity contribution in [2.45, 2.75) is 38.0 Å². The van der Waals surface area contributed by atoms with Crippen molar-refractivity contribution in [1.29, 1.82) is 5.26 Å². The maximum atomic E-state index is 8.97. The maximum Gasteiger partial charge on any atom is 0.0991 e. The number of H-pyrrole nitrogens is 1. The van der Waals surface area contributed by atoms with Crippen LogP contribution >= 0.6 is 0 Å². The van der Waals surface area contributed by atoms with E-state index < -0.39 is 0 Å². The second-order valence-corrected chi connectivity index (χ2v) is 7.69. The number of unbranched alkanes of at least 4 members (excludes halogenated alkanes) is 1. The number of piperidine rings is 1. The van der Waals surface area contributed by atoms with Gasteiger partial charge in [0.15, 0.2) is 0 Å². The third-order valence-corrected chi connectivity index (χ3v) is 5.86. The second kappa shape index (κ2) is 8.41. The Balaban J connectivity index is 1.26. The quantitative estimate of drug-likeness (QED) is 0.613. The van der Waals surface area contributed by atoms with Crippen LogP contribution in [-0.4, -0.2) is 29.5 Å². The molecule has 1 aromatic heterocycles. The minimum absolute atomic E-state index is 0.611. The highest BCUT2D eigenvalue weighted by molar-refractivity contribution is 5.82. The number of hydrogen-bond donors (Lipinski definition) is 1. The summed E-state index contributed by atoms with van der Waals surface area (Å²) in [5, 5.41) is 10.3. The first-order valence-corrected chi connectivity index (χ1v) is 10.1. The predicted octanol–water partition coefficient (Wildman–Crippen LogP) is 5.24. The van der Waals surface area contributed by atoms with Gasteiger partial charge in [-0.3, -0.25) is 0 Å². The van der Waals surface area contributed by atoms with Crippen LogP contribution in [0.25, 0.3) is 10.9 Å². The molecule has 2 heterocycles. The van der Waals surface area contributed by atoms with E-state index in [1.807, 2.05) is 12.1 Å². The summed E-state index contributed by atoms with van der Waals surface area (Å²) in [6.45, 7) is 3.56. The first-order chi connectivity index (χ1) is 13.3. The van der Waals surface area contributed by atoms with Gasteiger partial charge in [-0.1, -0.05) is 30.3 Å². The standard InChI is InChI=1S/C24H27N3/c25-16-19-10-12-20(13-11-19)22-7-5-15-27(18-22)14-4-3-6-21-17-26-24-9-2-1-8-23(21)24/h1-2,8-13,17,22,26H,3-7,14-15,18H2. The number of fused-ring (bicyclic) bond motifs is 1. The number of nitriles is 1. The molecule has 1 N–H and O–H groups in total. The van der Waals surface area contributed by atoms with Crippen molar-refractivity contribution in [3.8, 4) is 6.07 Å². The van der Waals surface area contributed by atoms with Crippen molar-refractivity contribution in [3.05, 3.63) is 71.4 Å². The van der Waals surface area contributed by atoms with Crippen LogP contribution < -0.4 is 0 Å². The van der Waals surface area contributed by atoms with Crippen LogP contribution in [0.4, 0.5) is 0 Å². The number of nitrogens with one attached hydrogen (secondary N) is 1. The normalized spacial score (nSPS) is 17.8. The average Bonchev–Trinajstić information content (AvgIpc) is 3.15. The van der Waals surface area contributed by atoms with Gasteiger partial charge in [0, 0.05) is 23.6 Å². The minimum atomic E-state index is 0.611. The van der Waals surface area contributed by atoms with Gasteiger partial charge in [-0.25, -0.2) is 0 Å². The molecule has 27 heavy (non-hydrogen) atoms. The van der Waals surface area contributed by atoms with Gasteiger partial charge in [-0.15, -0.1) is 0 Å². The van der Waals surface area contributed by atoms with Crippen LogP contribution in [-0.2, 0) is 6.42 Å². The first kappa shape index (κ1) is 17.8. The minimum Gasteiger partial charge on any atom is -0.361 e. The topological polar surface area (TPSA) is 42.8 Å². The highest BCUT2D eigenvalue weighted by Crippen LogP contribution is 2.27. The molecule has 2 aromatic carbocycles. The molecule has 0 bridgehead atoms. The number of aromatic nitrogens is 1. The summed E-state index contributed by atoms with van der Waals surface area (Å²) in [5.41, 5.74) is 4.83. The number of rotatable bonds is 6. The zero-order valence-electron chi connectivity index (χ0n) is 15.8. The summed E-state index contributed by atoms with van der Waals surface area (Å²) in [4.78, 5) is 6.01. The Kier molecular flexibility index (Phi) is 5.55. The van der Waals surface area contributed by atoms with E-state index in [-0.39, 0.29) is 0 Å². The molecule has 1 aliphatic heterocycles. The summed E-state index contributed by atoms with van der Waals surface area (Å²) in [6, 6.07) is 19.0. The SMILES string of the molecule is N#Cc1ccc(C2CCCN(CCCCc3c[nH]c4ccccc34)C2)cc1. The lowest BCUT2D eigenvalue weighted by atomic mass is 9.90. The Morgan fingerprint density at radius 1 is 1.07 bits per heavy atom. The van der Waals surface area contributed by atoms with E-state index in [1.54, 1.807) is 0 Å². The number of aromatic amines is 1. The first-order valence-electron chi connectivity index (χ1n) is 10.1. The summed E-state index contributed by atoms with van der Waals surface area (Å²) in [5.74, 6) is 0.611. The van der Waals surface area contributed by atoms with Crippen LogP contribution in [0.1, 0.15) is 48.3 Å². The number of para-hydroxylation sites is 1. The molecule has 3 nitrogen and oxygen atoms in total. The fraction of sp³-hybridized carbons (Fsp3) is 0.375. The molecule has 1 saturated heterocycles. The van der Waals surface area contributed by atoms with Crippen LogP contribution in [0.5, 0.6) is 0 Å². The lowest BCUT2D eigenvalue weighted by Crippen LogP contribution is -2.35. The molecule has 1 fully saturated rings. The van der Waals surface area contributed by atoms with E-state index >= 15 is 0 Å². The third kappa shape index (κ3) is 4.23. The molecule has 4 rings (SSSR count). The molecule has 0 saturated carbocycles. The van der Waals surface area contributed by atoms with Gasteiger partial charge in [0.2, 0.25) is 0 Å². The number of likely N-dealkylation sites (tertiary alicyclic amines) is 1. The number of aryl methyl sites for hydroxylation is 1.